The normalized spacial score (nSPS) is 12.7. The molecule has 0 unspecified atom stereocenters. The third-order valence-electron chi connectivity index (χ3n) is 0.874. The first-order chi connectivity index (χ1) is 5.31. The van der Waals surface area contributed by atoms with Gasteiger partial charge in [-0.15, -0.1) is 0 Å². The van der Waals surface area contributed by atoms with Crippen LogP contribution in [0.5, 0.6) is 0 Å². The van der Waals surface area contributed by atoms with E-state index in [-0.39, 0.29) is 0 Å². The Balaban J connectivity index is 4.04. The van der Waals surface area contributed by atoms with Gasteiger partial charge >= 0.3 is 6.09 Å². The zero-order valence-electron chi connectivity index (χ0n) is 7.42. The maximum Gasteiger partial charge on any atom is 0.405 e. The first-order valence-electron chi connectivity index (χ1n) is 3.52. The Morgan fingerprint density at radius 3 is 2.50 bits per heavy atom. The van der Waals surface area contributed by atoms with Gasteiger partial charge in [0.1, 0.15) is 5.60 Å². The van der Waals surface area contributed by atoms with Crippen molar-refractivity contribution in [3.63, 3.8) is 0 Å². The van der Waals surface area contributed by atoms with E-state index in [1.54, 1.807) is 6.92 Å². The molecule has 4 heteroatoms. The van der Waals surface area contributed by atoms with Crippen molar-refractivity contribution in [2.24, 2.45) is 5.73 Å². The molecule has 0 radical (unpaired) electrons. The molecule has 0 fully saturated rings. The number of primary amides is 1. The second-order valence-corrected chi connectivity index (χ2v) is 2.91. The molecule has 3 N–H and O–H groups in total. The monoisotopic (exact) mass is 171 g/mol. The lowest BCUT2D eigenvalue weighted by atomic mass is 10.1. The summed E-state index contributed by atoms with van der Waals surface area (Å²) in [6.07, 6.45) is -1.46. The van der Waals surface area contributed by atoms with E-state index < -0.39 is 17.8 Å². The van der Waals surface area contributed by atoms with Crippen molar-refractivity contribution in [1.29, 1.82) is 0 Å². The minimum Gasteiger partial charge on any atom is -0.433 e. The van der Waals surface area contributed by atoms with Gasteiger partial charge in [-0.1, -0.05) is 11.8 Å². The van der Waals surface area contributed by atoms with E-state index in [0.717, 1.165) is 0 Å². The number of amides is 1. The predicted octanol–water partition coefficient (Wildman–Crippen LogP) is 0.245. The number of rotatable bonds is 1. The molecule has 0 spiro atoms. The summed E-state index contributed by atoms with van der Waals surface area (Å²) in [6.45, 7) is 4.65. The summed E-state index contributed by atoms with van der Waals surface area (Å²) in [4.78, 5) is 10.2. The first kappa shape index (κ1) is 10.8. The number of hydrogen-bond acceptors (Lipinski definition) is 3. The van der Waals surface area contributed by atoms with Gasteiger partial charge in [0, 0.05) is 0 Å². The highest BCUT2D eigenvalue weighted by Crippen LogP contribution is 1.97. The van der Waals surface area contributed by atoms with E-state index >= 15 is 0 Å². The van der Waals surface area contributed by atoms with Crippen molar-refractivity contribution < 1.29 is 14.6 Å². The smallest absolute Gasteiger partial charge is 0.405 e. The zero-order valence-corrected chi connectivity index (χ0v) is 7.42. The summed E-state index contributed by atoms with van der Waals surface area (Å²) in [5, 5.41) is 9.16. The lowest BCUT2D eigenvalue weighted by molar-refractivity contribution is 0.134. The second-order valence-electron chi connectivity index (χ2n) is 2.91. The van der Waals surface area contributed by atoms with Crippen LogP contribution in [0.15, 0.2) is 0 Å². The molecule has 0 aromatic rings. The molecule has 0 aromatic carbocycles. The van der Waals surface area contributed by atoms with E-state index in [2.05, 4.69) is 16.6 Å². The molecule has 0 aliphatic rings. The Hall–Kier alpha value is -1.21. The summed E-state index contributed by atoms with van der Waals surface area (Å²) >= 11 is 0. The van der Waals surface area contributed by atoms with Crippen molar-refractivity contribution in [2.75, 3.05) is 0 Å². The van der Waals surface area contributed by atoms with Crippen molar-refractivity contribution in [1.82, 2.24) is 0 Å². The summed E-state index contributed by atoms with van der Waals surface area (Å²) in [6, 6.07) is 0. The minimum atomic E-state index is -1.07. The molecule has 0 heterocycles. The molecule has 4 nitrogen and oxygen atoms in total. The third kappa shape index (κ3) is 6.90. The van der Waals surface area contributed by atoms with Crippen molar-refractivity contribution in [2.45, 2.75) is 32.5 Å². The van der Waals surface area contributed by atoms with Gasteiger partial charge in [0.25, 0.3) is 0 Å². The van der Waals surface area contributed by atoms with Gasteiger partial charge in [-0.05, 0) is 20.8 Å². The molecule has 0 rings (SSSR count). The summed E-state index contributed by atoms with van der Waals surface area (Å²) in [5.41, 5.74) is 3.67. The lowest BCUT2D eigenvalue weighted by Gasteiger charge is -2.08. The molecule has 1 amide bonds. The van der Waals surface area contributed by atoms with Gasteiger partial charge in [0.05, 0.1) is 0 Å². The number of aliphatic hydroxyl groups is 1. The van der Waals surface area contributed by atoms with Crippen LogP contribution in [0.1, 0.15) is 20.8 Å². The van der Waals surface area contributed by atoms with E-state index in [9.17, 15) is 4.79 Å². The van der Waals surface area contributed by atoms with Crippen LogP contribution < -0.4 is 5.73 Å². The van der Waals surface area contributed by atoms with E-state index in [1.807, 2.05) is 0 Å². The van der Waals surface area contributed by atoms with Crippen LogP contribution in [0.3, 0.4) is 0 Å². The van der Waals surface area contributed by atoms with Crippen LogP contribution in [0.4, 0.5) is 4.79 Å². The highest BCUT2D eigenvalue weighted by atomic mass is 16.6. The van der Waals surface area contributed by atoms with Crippen LogP contribution in [0.2, 0.25) is 0 Å². The SMILES string of the molecule is C[C@@H](C#CC(C)(C)O)OC(N)=O. The van der Waals surface area contributed by atoms with Crippen LogP contribution in [0.25, 0.3) is 0 Å². The van der Waals surface area contributed by atoms with Gasteiger partial charge in [-0.25, -0.2) is 4.79 Å². The lowest BCUT2D eigenvalue weighted by Crippen LogP contribution is -2.20. The van der Waals surface area contributed by atoms with Gasteiger partial charge < -0.3 is 15.6 Å². The molecule has 0 aromatic heterocycles. The molecule has 0 saturated heterocycles. The van der Waals surface area contributed by atoms with Gasteiger partial charge in [0.2, 0.25) is 0 Å². The van der Waals surface area contributed by atoms with Crippen LogP contribution >= 0.6 is 0 Å². The maximum atomic E-state index is 10.2. The average molecular weight is 171 g/mol. The highest BCUT2D eigenvalue weighted by Gasteiger charge is 2.07. The molecular weight excluding hydrogens is 158 g/mol. The van der Waals surface area contributed by atoms with E-state index in [0.29, 0.717) is 0 Å². The Labute approximate surface area is 71.7 Å². The Morgan fingerprint density at radius 1 is 1.67 bits per heavy atom. The fourth-order valence-electron chi connectivity index (χ4n) is 0.482. The minimum absolute atomic E-state index is 0.589. The second kappa shape index (κ2) is 3.98. The standard InChI is InChI=1S/C8H13NO3/c1-6(12-7(9)10)4-5-8(2,3)11/h6,11H,1-3H3,(H2,9,10)/t6-/m0/s1. The van der Waals surface area contributed by atoms with Gasteiger partial charge in [0.15, 0.2) is 6.10 Å². The third-order valence-corrected chi connectivity index (χ3v) is 0.874. The highest BCUT2D eigenvalue weighted by molar-refractivity contribution is 5.65. The number of nitrogens with two attached hydrogens (primary N) is 1. The Morgan fingerprint density at radius 2 is 2.17 bits per heavy atom. The summed E-state index contributed by atoms with van der Waals surface area (Å²) < 4.78 is 4.50. The maximum absolute atomic E-state index is 10.2. The molecule has 0 aliphatic heterocycles. The van der Waals surface area contributed by atoms with Crippen molar-refractivity contribution in [3.05, 3.63) is 0 Å². The quantitative estimate of drug-likeness (QED) is 0.555. The molecule has 0 saturated carbocycles. The molecule has 12 heavy (non-hydrogen) atoms. The van der Waals surface area contributed by atoms with Gasteiger partial charge in [-0.3, -0.25) is 0 Å². The van der Waals surface area contributed by atoms with Crippen LogP contribution in [-0.4, -0.2) is 22.9 Å². The molecule has 68 valence electrons. The van der Waals surface area contributed by atoms with E-state index in [4.69, 9.17) is 10.8 Å². The molecular formula is C8H13NO3. The number of carbonyl (C=O) groups is 1. The molecule has 0 bridgehead atoms. The van der Waals surface area contributed by atoms with Crippen LogP contribution in [-0.2, 0) is 4.74 Å². The zero-order chi connectivity index (χ0) is 9.78. The van der Waals surface area contributed by atoms with Crippen molar-refractivity contribution >= 4 is 6.09 Å². The Kier molecular flexibility index (Phi) is 3.58. The largest absolute Gasteiger partial charge is 0.433 e. The fraction of sp³-hybridized carbons (Fsp3) is 0.625. The fourth-order valence-corrected chi connectivity index (χ4v) is 0.482. The number of hydrogen-bond donors (Lipinski definition) is 2. The number of carbonyl (C=O) groups excluding carboxylic acids is 1. The average Bonchev–Trinajstić information content (AvgIpc) is 1.80. The topological polar surface area (TPSA) is 72.6 Å². The summed E-state index contributed by atoms with van der Waals surface area (Å²) in [7, 11) is 0. The van der Waals surface area contributed by atoms with Gasteiger partial charge in [-0.2, -0.15) is 0 Å². The number of ether oxygens (including phenoxy) is 1. The van der Waals surface area contributed by atoms with E-state index in [1.165, 1.54) is 13.8 Å². The Bertz CT molecular complexity index is 219. The molecule has 1 atom stereocenters. The van der Waals surface area contributed by atoms with Crippen molar-refractivity contribution in [3.8, 4) is 11.8 Å². The summed E-state index contributed by atoms with van der Waals surface area (Å²) in [5.74, 6) is 5.03. The first-order valence-corrected chi connectivity index (χ1v) is 3.52. The predicted molar refractivity (Wildman–Crippen MR) is 44.2 cm³/mol. The van der Waals surface area contributed by atoms with Crippen LogP contribution in [0, 0.1) is 11.8 Å². The molecule has 0 aliphatic carbocycles.